The van der Waals surface area contributed by atoms with Crippen LogP contribution >= 0.6 is 0 Å². The zero-order valence-electron chi connectivity index (χ0n) is 19.7. The normalized spacial score (nSPS) is 12.5. The highest BCUT2D eigenvalue weighted by atomic mass is 16.5. The maximum Gasteiger partial charge on any atom is 0.200 e. The molecule has 1 heterocycles. The van der Waals surface area contributed by atoms with E-state index in [1.165, 1.54) is 0 Å². The molecule has 3 rings (SSSR count). The molecule has 0 unspecified atom stereocenters. The molecule has 0 saturated carbocycles. The first-order chi connectivity index (χ1) is 14.5. The fraction of sp³-hybridized carbons (Fsp3) is 0.480. The molecule has 6 heteroatoms. The zero-order valence-corrected chi connectivity index (χ0v) is 19.7. The Kier molecular flexibility index (Phi) is 6.92. The highest BCUT2D eigenvalue weighted by molar-refractivity contribution is 5.90. The molecule has 0 bridgehead atoms. The van der Waals surface area contributed by atoms with E-state index in [4.69, 9.17) is 13.9 Å². The number of hydrogen-bond acceptors (Lipinski definition) is 4. The number of hydrogen-bond donors (Lipinski definition) is 0. The third-order valence-corrected chi connectivity index (χ3v) is 5.10. The second kappa shape index (κ2) is 9.28. The van der Waals surface area contributed by atoms with E-state index in [2.05, 4.69) is 42.3 Å². The molecule has 168 valence electrons. The molecule has 0 aliphatic heterocycles. The third-order valence-electron chi connectivity index (χ3n) is 5.10. The van der Waals surface area contributed by atoms with Crippen molar-refractivity contribution in [2.24, 2.45) is 0 Å². The van der Waals surface area contributed by atoms with E-state index in [1.807, 2.05) is 12.1 Å². The van der Waals surface area contributed by atoms with Crippen LogP contribution in [-0.2, 0) is 0 Å². The molecule has 0 aliphatic carbocycles. The smallest absolute Gasteiger partial charge is 0.200 e. The average Bonchev–Trinajstić information content (AvgIpc) is 2.67. The molecule has 6 nitrogen and oxygen atoms in total. The Hall–Kier alpha value is -2.57. The molecular weight excluding hydrogens is 392 g/mol. The van der Waals surface area contributed by atoms with Crippen molar-refractivity contribution in [3.8, 4) is 11.5 Å². The number of benzene rings is 2. The van der Waals surface area contributed by atoms with Crippen LogP contribution in [0.1, 0.15) is 12.8 Å². The number of nitrogens with zero attached hydrogens (tertiary/aromatic N) is 2. The minimum Gasteiger partial charge on any atom is -0.493 e. The maximum absolute atomic E-state index is 13.0. The van der Waals surface area contributed by atoms with E-state index in [-0.39, 0.29) is 5.43 Å². The molecule has 1 aromatic heterocycles. The van der Waals surface area contributed by atoms with Gasteiger partial charge in [0.15, 0.2) is 0 Å². The first kappa shape index (κ1) is 23.1. The van der Waals surface area contributed by atoms with E-state index in [0.717, 1.165) is 34.9 Å². The van der Waals surface area contributed by atoms with Crippen molar-refractivity contribution in [3.63, 3.8) is 0 Å². The van der Waals surface area contributed by atoms with Crippen LogP contribution in [0.5, 0.6) is 11.5 Å². The minimum absolute atomic E-state index is 0.0513. The summed E-state index contributed by atoms with van der Waals surface area (Å²) in [5.74, 6) is 1.41. The van der Waals surface area contributed by atoms with Gasteiger partial charge in [-0.3, -0.25) is 4.79 Å². The number of ether oxygens (including phenoxy) is 2. The van der Waals surface area contributed by atoms with Gasteiger partial charge in [0.25, 0.3) is 0 Å². The van der Waals surface area contributed by atoms with Crippen LogP contribution in [0, 0.1) is 0 Å². The van der Waals surface area contributed by atoms with Crippen molar-refractivity contribution in [2.45, 2.75) is 12.8 Å². The van der Waals surface area contributed by atoms with Crippen LogP contribution < -0.4 is 14.9 Å². The Morgan fingerprint density at radius 2 is 1.26 bits per heavy atom. The topological polar surface area (TPSA) is 48.7 Å². The first-order valence-corrected chi connectivity index (χ1v) is 10.9. The van der Waals surface area contributed by atoms with E-state index >= 15 is 0 Å². The standard InChI is InChI=1S/C25H36N2O4/c1-26(2,3)13-7-15-29-19-10-12-23-22(17-19)25(28)21-11-9-20(18-24(21)31-23)30-16-8-14-27(4,5)6/h9-12,17-18H,7-8,13-16H2,1-6H3/q+2. The second-order valence-corrected chi connectivity index (χ2v) is 10.2. The Labute approximate surface area is 184 Å². The minimum atomic E-state index is -0.0513. The quantitative estimate of drug-likeness (QED) is 0.279. The van der Waals surface area contributed by atoms with Gasteiger partial charge in [-0.1, -0.05) is 0 Å². The molecular formula is C25H36N2O4+2. The summed E-state index contributed by atoms with van der Waals surface area (Å²) < 4.78 is 19.5. The molecule has 0 amide bonds. The fourth-order valence-corrected chi connectivity index (χ4v) is 3.45. The fourth-order valence-electron chi connectivity index (χ4n) is 3.45. The summed E-state index contributed by atoms with van der Waals surface area (Å²) >= 11 is 0. The SMILES string of the molecule is C[N+](C)(C)CCCOc1ccc2c(=O)c3cc(OCCC[N+](C)(C)C)ccc3oc2c1. The van der Waals surface area contributed by atoms with Gasteiger partial charge in [0.2, 0.25) is 5.43 Å². The average molecular weight is 429 g/mol. The molecule has 31 heavy (non-hydrogen) atoms. The molecule has 0 atom stereocenters. The lowest BCUT2D eigenvalue weighted by Gasteiger charge is -2.23. The zero-order chi connectivity index (χ0) is 22.6. The van der Waals surface area contributed by atoms with Gasteiger partial charge in [-0.05, 0) is 30.3 Å². The third kappa shape index (κ3) is 6.71. The second-order valence-electron chi connectivity index (χ2n) is 10.2. The van der Waals surface area contributed by atoms with Gasteiger partial charge in [-0.15, -0.1) is 0 Å². The lowest BCUT2D eigenvalue weighted by molar-refractivity contribution is -0.870. The molecule has 0 radical (unpaired) electrons. The molecule has 0 N–H and O–H groups in total. The molecule has 0 aliphatic rings. The highest BCUT2D eigenvalue weighted by Crippen LogP contribution is 2.25. The van der Waals surface area contributed by atoms with Gasteiger partial charge < -0.3 is 22.9 Å². The predicted molar refractivity (Wildman–Crippen MR) is 126 cm³/mol. The summed E-state index contributed by atoms with van der Waals surface area (Å²) in [6.07, 6.45) is 1.91. The van der Waals surface area contributed by atoms with Crippen molar-refractivity contribution < 1.29 is 22.9 Å². The van der Waals surface area contributed by atoms with Crippen LogP contribution in [0.25, 0.3) is 21.9 Å². The van der Waals surface area contributed by atoms with Crippen LogP contribution in [0.2, 0.25) is 0 Å². The molecule has 2 aromatic carbocycles. The summed E-state index contributed by atoms with van der Waals surface area (Å²) in [5.41, 5.74) is 1.04. The van der Waals surface area contributed by atoms with Crippen LogP contribution in [0.3, 0.4) is 0 Å². The van der Waals surface area contributed by atoms with Crippen molar-refractivity contribution in [1.29, 1.82) is 0 Å². The maximum atomic E-state index is 13.0. The summed E-state index contributed by atoms with van der Waals surface area (Å²) in [7, 11) is 13.0. The van der Waals surface area contributed by atoms with Crippen LogP contribution in [-0.4, -0.2) is 77.6 Å². The van der Waals surface area contributed by atoms with Crippen molar-refractivity contribution >= 4 is 21.9 Å². The lowest BCUT2D eigenvalue weighted by Crippen LogP contribution is -2.36. The van der Waals surface area contributed by atoms with E-state index < -0.39 is 0 Å². The van der Waals surface area contributed by atoms with Crippen LogP contribution in [0.15, 0.2) is 45.6 Å². The Balaban J connectivity index is 1.73. The predicted octanol–water partition coefficient (Wildman–Crippen LogP) is 3.90. The summed E-state index contributed by atoms with van der Waals surface area (Å²) in [6, 6.07) is 10.9. The monoisotopic (exact) mass is 428 g/mol. The number of quaternary nitrogens is 2. The molecule has 0 saturated heterocycles. The number of rotatable bonds is 10. The van der Waals surface area contributed by atoms with Gasteiger partial charge in [-0.25, -0.2) is 0 Å². The van der Waals surface area contributed by atoms with Crippen molar-refractivity contribution in [2.75, 3.05) is 68.6 Å². The van der Waals surface area contributed by atoms with Crippen LogP contribution in [0.4, 0.5) is 0 Å². The van der Waals surface area contributed by atoms with Gasteiger partial charge in [-0.2, -0.15) is 0 Å². The Morgan fingerprint density at radius 3 is 1.84 bits per heavy atom. The Morgan fingerprint density at radius 1 is 0.710 bits per heavy atom. The van der Waals surface area contributed by atoms with E-state index in [9.17, 15) is 4.79 Å². The van der Waals surface area contributed by atoms with Gasteiger partial charge >= 0.3 is 0 Å². The largest absolute Gasteiger partial charge is 0.493 e. The van der Waals surface area contributed by atoms with Gasteiger partial charge in [0.1, 0.15) is 22.7 Å². The van der Waals surface area contributed by atoms with Gasteiger partial charge in [0, 0.05) is 18.9 Å². The molecule has 3 aromatic rings. The van der Waals surface area contributed by atoms with Gasteiger partial charge in [0.05, 0.1) is 79.4 Å². The Bertz CT molecular complexity index is 1090. The van der Waals surface area contributed by atoms with Crippen molar-refractivity contribution in [3.05, 3.63) is 46.6 Å². The highest BCUT2D eigenvalue weighted by Gasteiger charge is 2.12. The van der Waals surface area contributed by atoms with E-state index in [0.29, 0.717) is 46.7 Å². The first-order valence-electron chi connectivity index (χ1n) is 10.9. The molecule has 0 fully saturated rings. The van der Waals surface area contributed by atoms with Crippen molar-refractivity contribution in [1.82, 2.24) is 0 Å². The van der Waals surface area contributed by atoms with E-state index in [1.54, 1.807) is 24.3 Å². The lowest BCUT2D eigenvalue weighted by atomic mass is 10.1. The number of fused-ring (bicyclic) bond motifs is 2. The summed E-state index contributed by atoms with van der Waals surface area (Å²) in [4.78, 5) is 13.0. The summed E-state index contributed by atoms with van der Waals surface area (Å²) in [5, 5.41) is 1.08. The summed E-state index contributed by atoms with van der Waals surface area (Å²) in [6.45, 7) is 3.31. The molecule has 0 spiro atoms.